The molecule has 0 spiro atoms. The van der Waals surface area contributed by atoms with Gasteiger partial charge in [0.25, 0.3) is 5.56 Å². The van der Waals surface area contributed by atoms with E-state index in [4.69, 9.17) is 0 Å². The molecule has 19 heavy (non-hydrogen) atoms. The molecule has 0 unspecified atom stereocenters. The van der Waals surface area contributed by atoms with Crippen molar-refractivity contribution >= 4 is 37.5 Å². The Morgan fingerprint density at radius 1 is 1.37 bits per heavy atom. The summed E-state index contributed by atoms with van der Waals surface area (Å²) in [4.78, 5) is 24.0. The molecule has 0 N–H and O–H groups in total. The Labute approximate surface area is 114 Å². The van der Waals surface area contributed by atoms with Gasteiger partial charge in [-0.3, -0.25) is 4.79 Å². The van der Waals surface area contributed by atoms with Crippen LogP contribution in [0.15, 0.2) is 17.2 Å². The quantitative estimate of drug-likeness (QED) is 0.680. The van der Waals surface area contributed by atoms with Crippen LogP contribution in [0.25, 0.3) is 20.4 Å². The number of rotatable bonds is 1. The van der Waals surface area contributed by atoms with Crippen LogP contribution in [0.5, 0.6) is 0 Å². The molecule has 0 saturated carbocycles. The van der Waals surface area contributed by atoms with Gasteiger partial charge in [0.1, 0.15) is 9.53 Å². The number of aryl methyl sites for hydroxylation is 2. The molecular formula is C13H14N4OS. The van der Waals surface area contributed by atoms with E-state index in [9.17, 15) is 4.79 Å². The minimum atomic E-state index is -0.0182. The topological polar surface area (TPSA) is 51.0 Å². The molecule has 3 rings (SSSR count). The van der Waals surface area contributed by atoms with Crippen LogP contribution in [0.1, 0.15) is 5.69 Å². The molecule has 0 aliphatic carbocycles. The Morgan fingerprint density at radius 3 is 2.79 bits per heavy atom. The maximum atomic E-state index is 12.2. The second-order valence-corrected chi connectivity index (χ2v) is 5.80. The fourth-order valence-electron chi connectivity index (χ4n) is 2.16. The van der Waals surface area contributed by atoms with Crippen molar-refractivity contribution in [1.82, 2.24) is 14.5 Å². The van der Waals surface area contributed by atoms with Gasteiger partial charge < -0.3 is 9.47 Å². The van der Waals surface area contributed by atoms with Gasteiger partial charge >= 0.3 is 0 Å². The molecule has 0 bridgehead atoms. The standard InChI is InChI=1S/C13H14N4OS/c1-7-5-8(16(2)3)9-10-11(19-12(9)15-7)13(18)17(4)6-14-10/h5-6H,1-4H3. The summed E-state index contributed by atoms with van der Waals surface area (Å²) >= 11 is 1.41. The van der Waals surface area contributed by atoms with Crippen molar-refractivity contribution in [2.75, 3.05) is 19.0 Å². The third-order valence-electron chi connectivity index (χ3n) is 3.10. The van der Waals surface area contributed by atoms with Gasteiger partial charge in [-0.2, -0.15) is 0 Å². The molecule has 3 aromatic heterocycles. The number of pyridine rings is 1. The summed E-state index contributed by atoms with van der Waals surface area (Å²) in [7, 11) is 5.68. The van der Waals surface area contributed by atoms with Crippen LogP contribution in [0.3, 0.4) is 0 Å². The van der Waals surface area contributed by atoms with Gasteiger partial charge in [-0.05, 0) is 13.0 Å². The van der Waals surface area contributed by atoms with Crippen LogP contribution in [0, 0.1) is 6.92 Å². The zero-order valence-electron chi connectivity index (χ0n) is 11.3. The fourth-order valence-corrected chi connectivity index (χ4v) is 3.33. The highest BCUT2D eigenvalue weighted by molar-refractivity contribution is 7.25. The average Bonchev–Trinajstić information content (AvgIpc) is 2.71. The third-order valence-corrected chi connectivity index (χ3v) is 4.16. The van der Waals surface area contributed by atoms with Gasteiger partial charge in [-0.25, -0.2) is 9.97 Å². The first kappa shape index (κ1) is 12.1. The molecule has 0 aliphatic heterocycles. The zero-order chi connectivity index (χ0) is 13.7. The van der Waals surface area contributed by atoms with Crippen molar-refractivity contribution in [3.8, 4) is 0 Å². The Balaban J connectivity index is 2.58. The number of hydrogen-bond donors (Lipinski definition) is 0. The van der Waals surface area contributed by atoms with E-state index in [1.165, 1.54) is 15.9 Å². The third kappa shape index (κ3) is 1.71. The number of aromatic nitrogens is 3. The summed E-state index contributed by atoms with van der Waals surface area (Å²) in [5.74, 6) is 0. The molecule has 0 radical (unpaired) electrons. The molecule has 3 aromatic rings. The number of nitrogens with zero attached hydrogens (tertiary/aromatic N) is 4. The first-order chi connectivity index (χ1) is 8.99. The highest BCUT2D eigenvalue weighted by Gasteiger charge is 2.16. The lowest BCUT2D eigenvalue weighted by molar-refractivity contribution is 0.845. The van der Waals surface area contributed by atoms with E-state index in [1.807, 2.05) is 32.0 Å². The van der Waals surface area contributed by atoms with E-state index in [-0.39, 0.29) is 5.56 Å². The molecule has 6 heteroatoms. The Morgan fingerprint density at radius 2 is 2.11 bits per heavy atom. The summed E-state index contributed by atoms with van der Waals surface area (Å²) in [5.41, 5.74) is 2.73. The highest BCUT2D eigenvalue weighted by Crippen LogP contribution is 2.35. The molecule has 0 amide bonds. The summed E-state index contributed by atoms with van der Waals surface area (Å²) in [5, 5.41) is 0.966. The van der Waals surface area contributed by atoms with Crippen LogP contribution in [-0.2, 0) is 7.05 Å². The van der Waals surface area contributed by atoms with Gasteiger partial charge in [0, 0.05) is 26.8 Å². The maximum Gasteiger partial charge on any atom is 0.271 e. The van der Waals surface area contributed by atoms with Crippen molar-refractivity contribution < 1.29 is 0 Å². The molecular weight excluding hydrogens is 260 g/mol. The Hall–Kier alpha value is -1.95. The predicted octanol–water partition coefficient (Wildman–Crippen LogP) is 1.92. The Kier molecular flexibility index (Phi) is 2.56. The lowest BCUT2D eigenvalue weighted by Gasteiger charge is -2.14. The highest BCUT2D eigenvalue weighted by atomic mass is 32.1. The van der Waals surface area contributed by atoms with E-state index < -0.39 is 0 Å². The lowest BCUT2D eigenvalue weighted by Crippen LogP contribution is -2.15. The normalized spacial score (nSPS) is 11.4. The van der Waals surface area contributed by atoms with E-state index in [1.54, 1.807) is 13.4 Å². The number of hydrogen-bond acceptors (Lipinski definition) is 5. The van der Waals surface area contributed by atoms with E-state index >= 15 is 0 Å². The molecule has 0 aliphatic rings. The van der Waals surface area contributed by atoms with Crippen LogP contribution in [-0.4, -0.2) is 28.6 Å². The Bertz CT molecular complexity index is 847. The first-order valence-electron chi connectivity index (χ1n) is 5.92. The van der Waals surface area contributed by atoms with Crippen LogP contribution >= 0.6 is 11.3 Å². The van der Waals surface area contributed by atoms with E-state index in [0.29, 0.717) is 4.70 Å². The van der Waals surface area contributed by atoms with Crippen LogP contribution in [0.4, 0.5) is 5.69 Å². The summed E-state index contributed by atoms with van der Waals surface area (Å²) in [6, 6.07) is 2.02. The van der Waals surface area contributed by atoms with Gasteiger partial charge in [0.15, 0.2) is 0 Å². The summed E-state index contributed by atoms with van der Waals surface area (Å²) in [6.07, 6.45) is 1.57. The fraction of sp³-hybridized carbons (Fsp3) is 0.308. The largest absolute Gasteiger partial charge is 0.377 e. The van der Waals surface area contributed by atoms with Crippen LogP contribution in [0.2, 0.25) is 0 Å². The van der Waals surface area contributed by atoms with Gasteiger partial charge in [-0.15, -0.1) is 11.3 Å². The number of thiophene rings is 1. The molecule has 0 saturated heterocycles. The van der Waals surface area contributed by atoms with Crippen molar-refractivity contribution in [3.05, 3.63) is 28.4 Å². The van der Waals surface area contributed by atoms with E-state index in [2.05, 4.69) is 9.97 Å². The number of anilines is 1. The summed E-state index contributed by atoms with van der Waals surface area (Å²) in [6.45, 7) is 1.96. The maximum absolute atomic E-state index is 12.2. The van der Waals surface area contributed by atoms with Gasteiger partial charge in [0.05, 0.1) is 22.9 Å². The second-order valence-electron chi connectivity index (χ2n) is 4.80. The first-order valence-corrected chi connectivity index (χ1v) is 6.73. The van der Waals surface area contributed by atoms with Crippen molar-refractivity contribution in [2.24, 2.45) is 7.05 Å². The smallest absolute Gasteiger partial charge is 0.271 e. The minimum Gasteiger partial charge on any atom is -0.377 e. The SMILES string of the molecule is Cc1cc(N(C)C)c2c(n1)sc1c(=O)n(C)cnc12. The van der Waals surface area contributed by atoms with Crippen molar-refractivity contribution in [1.29, 1.82) is 0 Å². The zero-order valence-corrected chi connectivity index (χ0v) is 12.1. The van der Waals surface area contributed by atoms with E-state index in [0.717, 1.165) is 27.1 Å². The molecule has 98 valence electrons. The monoisotopic (exact) mass is 274 g/mol. The van der Waals surface area contributed by atoms with Crippen molar-refractivity contribution in [2.45, 2.75) is 6.92 Å². The minimum absolute atomic E-state index is 0.0182. The van der Waals surface area contributed by atoms with Gasteiger partial charge in [-0.1, -0.05) is 0 Å². The molecule has 0 aromatic carbocycles. The predicted molar refractivity (Wildman–Crippen MR) is 79.2 cm³/mol. The van der Waals surface area contributed by atoms with Crippen LogP contribution < -0.4 is 10.5 Å². The van der Waals surface area contributed by atoms with Crippen molar-refractivity contribution in [3.63, 3.8) is 0 Å². The lowest BCUT2D eigenvalue weighted by atomic mass is 10.2. The van der Waals surface area contributed by atoms with Gasteiger partial charge in [0.2, 0.25) is 0 Å². The molecule has 0 fully saturated rings. The summed E-state index contributed by atoms with van der Waals surface area (Å²) < 4.78 is 2.17. The average molecular weight is 274 g/mol. The number of fused-ring (bicyclic) bond motifs is 3. The second kappa shape index (κ2) is 4.03. The molecule has 3 heterocycles. The molecule has 0 atom stereocenters. The molecule has 5 nitrogen and oxygen atoms in total.